The number of ether oxygens (including phenoxy) is 1. The first kappa shape index (κ1) is 19.5. The minimum Gasteiger partial charge on any atom is -0.459 e. The average Bonchev–Trinajstić information content (AvgIpc) is 2.82. The first-order valence-electron chi connectivity index (χ1n) is 8.96. The van der Waals surface area contributed by atoms with Crippen molar-refractivity contribution < 1.29 is 19.1 Å². The second-order valence-electron chi connectivity index (χ2n) is 7.30. The molecule has 148 valence electrons. The van der Waals surface area contributed by atoms with E-state index in [0.29, 0.717) is 17.8 Å². The topological polar surface area (TPSA) is 110 Å². The lowest BCUT2D eigenvalue weighted by Crippen LogP contribution is -2.40. The summed E-state index contributed by atoms with van der Waals surface area (Å²) in [6.07, 6.45) is 2.03. The van der Waals surface area contributed by atoms with Gasteiger partial charge in [0.1, 0.15) is 17.8 Å². The third kappa shape index (κ3) is 4.03. The number of nitrogens with zero attached hydrogens (tertiary/aromatic N) is 3. The smallest absolute Gasteiger partial charge is 0.325 e. The van der Waals surface area contributed by atoms with Gasteiger partial charge >= 0.3 is 12.0 Å². The number of pyridine rings is 1. The summed E-state index contributed by atoms with van der Waals surface area (Å²) in [6.45, 7) is 5.15. The van der Waals surface area contributed by atoms with E-state index < -0.39 is 17.5 Å². The molecule has 0 aromatic carbocycles. The highest BCUT2D eigenvalue weighted by atomic mass is 16.5. The number of imide groups is 1. The zero-order valence-corrected chi connectivity index (χ0v) is 16.0. The van der Waals surface area contributed by atoms with Crippen molar-refractivity contribution >= 4 is 23.6 Å². The van der Waals surface area contributed by atoms with Crippen LogP contribution in [0.5, 0.6) is 0 Å². The number of esters is 1. The van der Waals surface area contributed by atoms with Crippen molar-refractivity contribution in [3.8, 4) is 0 Å². The Kier molecular flexibility index (Phi) is 5.17. The van der Waals surface area contributed by atoms with Crippen LogP contribution in [0.1, 0.15) is 37.9 Å². The lowest BCUT2D eigenvalue weighted by atomic mass is 10.1. The Labute approximate surface area is 161 Å². The Morgan fingerprint density at radius 3 is 2.68 bits per heavy atom. The standard InChI is InChI=1S/C19H22N4O5/c1-12-6-7-14-20-13(9-15(24)23(14)10-12)11-28-16(25)5-4-8-22-17(26)19(2,3)21-18(22)27/h6-7,9-10H,4-5,8,11H2,1-3H3,(H,21,27). The van der Waals surface area contributed by atoms with Gasteiger partial charge in [-0.2, -0.15) is 0 Å². The second-order valence-corrected chi connectivity index (χ2v) is 7.30. The van der Waals surface area contributed by atoms with E-state index >= 15 is 0 Å². The summed E-state index contributed by atoms with van der Waals surface area (Å²) in [6, 6.07) is 4.44. The van der Waals surface area contributed by atoms with Gasteiger partial charge in [-0.25, -0.2) is 9.78 Å². The van der Waals surface area contributed by atoms with Crippen LogP contribution in [-0.4, -0.2) is 44.3 Å². The van der Waals surface area contributed by atoms with Crippen LogP contribution in [0.2, 0.25) is 0 Å². The van der Waals surface area contributed by atoms with Crippen molar-refractivity contribution in [2.45, 2.75) is 45.8 Å². The second kappa shape index (κ2) is 7.41. The van der Waals surface area contributed by atoms with Gasteiger partial charge in [-0.15, -0.1) is 0 Å². The van der Waals surface area contributed by atoms with Gasteiger partial charge in [-0.3, -0.25) is 23.7 Å². The molecular weight excluding hydrogens is 364 g/mol. The largest absolute Gasteiger partial charge is 0.459 e. The summed E-state index contributed by atoms with van der Waals surface area (Å²) >= 11 is 0. The number of fused-ring (bicyclic) bond motifs is 1. The molecule has 2 aromatic heterocycles. The van der Waals surface area contributed by atoms with Crippen molar-refractivity contribution in [3.63, 3.8) is 0 Å². The number of rotatable bonds is 6. The van der Waals surface area contributed by atoms with Crippen LogP contribution in [0.3, 0.4) is 0 Å². The molecule has 0 spiro atoms. The maximum absolute atomic E-state index is 12.1. The minimum atomic E-state index is -0.925. The van der Waals surface area contributed by atoms with Gasteiger partial charge in [0.05, 0.1) is 5.69 Å². The van der Waals surface area contributed by atoms with Gasteiger partial charge in [-0.05, 0) is 38.8 Å². The highest BCUT2D eigenvalue weighted by molar-refractivity contribution is 6.06. The van der Waals surface area contributed by atoms with Crippen molar-refractivity contribution in [2.75, 3.05) is 6.54 Å². The zero-order chi connectivity index (χ0) is 20.5. The van der Waals surface area contributed by atoms with Crippen LogP contribution < -0.4 is 10.9 Å². The van der Waals surface area contributed by atoms with E-state index in [1.165, 1.54) is 10.5 Å². The van der Waals surface area contributed by atoms with Crippen molar-refractivity contribution in [1.82, 2.24) is 19.6 Å². The van der Waals surface area contributed by atoms with Crippen LogP contribution in [0.4, 0.5) is 4.79 Å². The Morgan fingerprint density at radius 2 is 2.00 bits per heavy atom. The molecule has 3 rings (SSSR count). The SMILES string of the molecule is Cc1ccc2nc(COC(=O)CCCN3C(=O)NC(C)(C)C3=O)cc(=O)n2c1. The highest BCUT2D eigenvalue weighted by Crippen LogP contribution is 2.17. The van der Waals surface area contributed by atoms with E-state index in [-0.39, 0.29) is 31.0 Å². The number of aryl methyl sites for hydroxylation is 1. The van der Waals surface area contributed by atoms with Crippen LogP contribution >= 0.6 is 0 Å². The molecule has 3 amide bonds. The maximum Gasteiger partial charge on any atom is 0.325 e. The number of amides is 3. The molecule has 1 fully saturated rings. The fourth-order valence-electron chi connectivity index (χ4n) is 2.96. The quantitative estimate of drug-likeness (QED) is 0.589. The molecule has 0 unspecified atom stereocenters. The Bertz CT molecular complexity index is 1010. The predicted octanol–water partition coefficient (Wildman–Crippen LogP) is 1.16. The molecule has 3 heterocycles. The summed E-state index contributed by atoms with van der Waals surface area (Å²) < 4.78 is 6.59. The minimum absolute atomic E-state index is 0.0449. The van der Waals surface area contributed by atoms with E-state index in [4.69, 9.17) is 4.74 Å². The summed E-state index contributed by atoms with van der Waals surface area (Å²) in [4.78, 5) is 53.3. The third-order valence-corrected chi connectivity index (χ3v) is 4.45. The number of urea groups is 1. The van der Waals surface area contributed by atoms with Crippen LogP contribution in [0.15, 0.2) is 29.2 Å². The first-order chi connectivity index (χ1) is 13.2. The molecule has 1 saturated heterocycles. The third-order valence-electron chi connectivity index (χ3n) is 4.45. The Morgan fingerprint density at radius 1 is 1.25 bits per heavy atom. The van der Waals surface area contributed by atoms with Crippen LogP contribution in [0, 0.1) is 6.92 Å². The fraction of sp³-hybridized carbons (Fsp3) is 0.421. The molecule has 0 aliphatic carbocycles. The van der Waals surface area contributed by atoms with E-state index in [0.717, 1.165) is 10.5 Å². The van der Waals surface area contributed by atoms with Gasteiger partial charge in [0.15, 0.2) is 0 Å². The monoisotopic (exact) mass is 386 g/mol. The molecular formula is C19H22N4O5. The van der Waals surface area contributed by atoms with Crippen LogP contribution in [-0.2, 0) is 20.9 Å². The normalized spacial score (nSPS) is 15.8. The van der Waals surface area contributed by atoms with E-state index in [1.807, 2.05) is 13.0 Å². The zero-order valence-electron chi connectivity index (χ0n) is 16.0. The number of nitrogens with one attached hydrogen (secondary N) is 1. The molecule has 9 heteroatoms. The van der Waals surface area contributed by atoms with Gasteiger partial charge in [0.25, 0.3) is 11.5 Å². The fourth-order valence-corrected chi connectivity index (χ4v) is 2.96. The number of hydrogen-bond acceptors (Lipinski definition) is 6. The summed E-state index contributed by atoms with van der Waals surface area (Å²) in [7, 11) is 0. The van der Waals surface area contributed by atoms with Gasteiger partial charge in [0.2, 0.25) is 0 Å². The molecule has 0 radical (unpaired) electrons. The van der Waals surface area contributed by atoms with E-state index in [1.54, 1.807) is 26.1 Å². The molecule has 0 saturated carbocycles. The summed E-state index contributed by atoms with van der Waals surface area (Å²) in [5.41, 5.74) is 0.597. The van der Waals surface area contributed by atoms with Crippen molar-refractivity contribution in [2.24, 2.45) is 0 Å². The summed E-state index contributed by atoms with van der Waals surface area (Å²) in [5.74, 6) is -0.806. The molecule has 0 bridgehead atoms. The first-order valence-corrected chi connectivity index (χ1v) is 8.96. The van der Waals surface area contributed by atoms with Gasteiger partial charge in [0, 0.05) is 25.2 Å². The average molecular weight is 386 g/mol. The predicted molar refractivity (Wildman–Crippen MR) is 99.6 cm³/mol. The van der Waals surface area contributed by atoms with Crippen molar-refractivity contribution in [3.05, 3.63) is 46.0 Å². The molecule has 1 N–H and O–H groups in total. The van der Waals surface area contributed by atoms with Crippen molar-refractivity contribution in [1.29, 1.82) is 0 Å². The van der Waals surface area contributed by atoms with E-state index in [9.17, 15) is 19.2 Å². The molecule has 1 aliphatic heterocycles. The Balaban J connectivity index is 1.52. The summed E-state index contributed by atoms with van der Waals surface area (Å²) in [5, 5.41) is 2.58. The lowest BCUT2D eigenvalue weighted by molar-refractivity contribution is -0.145. The number of aromatic nitrogens is 2. The molecule has 1 aliphatic rings. The lowest BCUT2D eigenvalue weighted by Gasteiger charge is -2.15. The van der Waals surface area contributed by atoms with E-state index in [2.05, 4.69) is 10.3 Å². The van der Waals surface area contributed by atoms with Gasteiger partial charge in [-0.1, -0.05) is 6.07 Å². The Hall–Kier alpha value is -3.23. The number of carbonyl (C=O) groups is 3. The van der Waals surface area contributed by atoms with Gasteiger partial charge < -0.3 is 10.1 Å². The molecule has 28 heavy (non-hydrogen) atoms. The molecule has 2 aromatic rings. The van der Waals surface area contributed by atoms with Crippen LogP contribution in [0.25, 0.3) is 5.65 Å². The maximum atomic E-state index is 12.1. The number of hydrogen-bond donors (Lipinski definition) is 1. The molecule has 0 atom stereocenters. The molecule has 9 nitrogen and oxygen atoms in total. The highest BCUT2D eigenvalue weighted by Gasteiger charge is 2.43. The number of carbonyl (C=O) groups excluding carboxylic acids is 3.